The number of nitro benzene ring substituents is 1. The molecule has 1 aliphatic carbocycles. The topological polar surface area (TPSA) is 96.0 Å². The number of allylic oxidation sites excluding steroid dienone is 1. The summed E-state index contributed by atoms with van der Waals surface area (Å²) < 4.78 is 13.0. The number of benzene rings is 3. The average Bonchev–Trinajstić information content (AvgIpc) is 3.26. The molecule has 190 valence electrons. The van der Waals surface area contributed by atoms with Crippen LogP contribution in [0.3, 0.4) is 0 Å². The fraction of sp³-hybridized carbons (Fsp3) is 0.172. The van der Waals surface area contributed by atoms with E-state index in [-0.39, 0.29) is 11.2 Å². The lowest BCUT2D eigenvalue weighted by Gasteiger charge is -2.30. The van der Waals surface area contributed by atoms with Crippen LogP contribution in [0.1, 0.15) is 34.7 Å². The van der Waals surface area contributed by atoms with Crippen LogP contribution >= 0.6 is 11.3 Å². The van der Waals surface area contributed by atoms with Gasteiger partial charge in [0.2, 0.25) is 0 Å². The number of thiazole rings is 1. The normalized spacial score (nSPS) is 16.3. The zero-order chi connectivity index (χ0) is 26.4. The molecule has 2 aliphatic rings. The average molecular weight is 526 g/mol. The maximum atomic E-state index is 13.9. The molecule has 9 heteroatoms. The van der Waals surface area contributed by atoms with E-state index in [0.717, 1.165) is 28.8 Å². The quantitative estimate of drug-likeness (QED) is 0.287. The van der Waals surface area contributed by atoms with Crippen LogP contribution in [-0.2, 0) is 6.42 Å². The Balaban J connectivity index is 1.61. The first-order valence-corrected chi connectivity index (χ1v) is 12.9. The highest BCUT2D eigenvalue weighted by Gasteiger charge is 2.33. The Morgan fingerprint density at radius 3 is 2.68 bits per heavy atom. The van der Waals surface area contributed by atoms with Gasteiger partial charge in [-0.2, -0.15) is 0 Å². The van der Waals surface area contributed by atoms with Crippen molar-refractivity contribution in [3.8, 4) is 11.5 Å². The second kappa shape index (κ2) is 9.42. The number of hydrogen-bond donors (Lipinski definition) is 0. The predicted octanol–water partition coefficient (Wildman–Crippen LogP) is 4.24. The molecule has 0 fully saturated rings. The van der Waals surface area contributed by atoms with Gasteiger partial charge in [-0.3, -0.25) is 19.5 Å². The molecule has 38 heavy (non-hydrogen) atoms. The summed E-state index contributed by atoms with van der Waals surface area (Å²) in [5.74, 6) is 1.23. The number of aromatic nitrogens is 1. The van der Waals surface area contributed by atoms with Gasteiger partial charge in [-0.05, 0) is 47.8 Å². The fourth-order valence-electron chi connectivity index (χ4n) is 5.21. The van der Waals surface area contributed by atoms with Gasteiger partial charge in [0.25, 0.3) is 11.2 Å². The van der Waals surface area contributed by atoms with E-state index in [1.54, 1.807) is 43.1 Å². The third-order valence-electron chi connectivity index (χ3n) is 7.00. The molecule has 4 aromatic rings. The number of nitro groups is 1. The van der Waals surface area contributed by atoms with E-state index < -0.39 is 11.0 Å². The summed E-state index contributed by atoms with van der Waals surface area (Å²) in [6.45, 7) is 0. The van der Waals surface area contributed by atoms with Crippen molar-refractivity contribution in [2.75, 3.05) is 14.2 Å². The van der Waals surface area contributed by atoms with Crippen LogP contribution in [0.15, 0.2) is 82.1 Å². The smallest absolute Gasteiger partial charge is 0.271 e. The Morgan fingerprint density at radius 2 is 1.89 bits per heavy atom. The molecule has 0 amide bonds. The van der Waals surface area contributed by atoms with E-state index in [1.165, 1.54) is 23.0 Å². The fourth-order valence-corrected chi connectivity index (χ4v) is 6.20. The van der Waals surface area contributed by atoms with Crippen molar-refractivity contribution >= 4 is 28.8 Å². The maximum Gasteiger partial charge on any atom is 0.271 e. The lowest BCUT2D eigenvalue weighted by Crippen LogP contribution is -2.38. The summed E-state index contributed by atoms with van der Waals surface area (Å²) >= 11 is 1.30. The van der Waals surface area contributed by atoms with Crippen LogP contribution in [0, 0.1) is 10.1 Å². The van der Waals surface area contributed by atoms with Crippen molar-refractivity contribution in [3.63, 3.8) is 0 Å². The predicted molar refractivity (Wildman–Crippen MR) is 145 cm³/mol. The number of nitrogens with zero attached hydrogens (tertiary/aromatic N) is 3. The monoisotopic (exact) mass is 525 g/mol. The van der Waals surface area contributed by atoms with Crippen LogP contribution in [0.2, 0.25) is 0 Å². The highest BCUT2D eigenvalue weighted by molar-refractivity contribution is 7.07. The zero-order valence-corrected chi connectivity index (χ0v) is 21.5. The van der Waals surface area contributed by atoms with Gasteiger partial charge < -0.3 is 9.47 Å². The first kappa shape index (κ1) is 23.9. The SMILES string of the molecule is COc1ccc(/C=c2/sc3n(c2=O)[C@H](c2cccc([N+](=O)[O-])c2)C2=C(N=3)c3ccccc3CC2)c(OC)c1. The summed E-state index contributed by atoms with van der Waals surface area (Å²) in [5, 5.41) is 11.6. The number of methoxy groups -OCH3 is 2. The van der Waals surface area contributed by atoms with Crippen LogP contribution in [-0.4, -0.2) is 23.7 Å². The van der Waals surface area contributed by atoms with Crippen LogP contribution in [0.5, 0.6) is 11.5 Å². The van der Waals surface area contributed by atoms with Crippen molar-refractivity contribution in [1.82, 2.24) is 4.57 Å². The number of ether oxygens (including phenoxy) is 2. The molecule has 0 unspecified atom stereocenters. The summed E-state index contributed by atoms with van der Waals surface area (Å²) in [6.07, 6.45) is 3.31. The molecular formula is C29H23N3O5S. The molecule has 2 heterocycles. The Hall–Kier alpha value is -4.50. The Bertz CT molecular complexity index is 1820. The van der Waals surface area contributed by atoms with Crippen LogP contribution in [0.25, 0.3) is 11.8 Å². The Kier molecular flexibility index (Phi) is 5.92. The maximum absolute atomic E-state index is 13.9. The number of non-ortho nitro benzene ring substituents is 1. The van der Waals surface area contributed by atoms with Gasteiger partial charge in [-0.15, -0.1) is 0 Å². The van der Waals surface area contributed by atoms with Crippen LogP contribution in [0.4, 0.5) is 5.69 Å². The standard InChI is InChI=1S/C29H23N3O5S/c1-36-21-12-10-18(24(16-21)37-2)15-25-28(33)31-27(19-7-5-8-20(14-19)32(34)35)23-13-11-17-6-3-4-9-22(17)26(23)30-29(31)38-25/h3-10,12,14-16,27H,11,13H2,1-2H3/b25-15+/t27-/m1/s1. The van der Waals surface area contributed by atoms with E-state index in [2.05, 4.69) is 12.1 Å². The Morgan fingerprint density at radius 1 is 1.05 bits per heavy atom. The van der Waals surface area contributed by atoms with Gasteiger partial charge in [-0.1, -0.05) is 47.7 Å². The van der Waals surface area contributed by atoms with E-state index in [4.69, 9.17) is 14.5 Å². The molecule has 3 aromatic carbocycles. The molecule has 0 saturated heterocycles. The summed E-state index contributed by atoms with van der Waals surface area (Å²) in [5.41, 5.74) is 5.30. The van der Waals surface area contributed by atoms with Gasteiger partial charge in [0.05, 0.1) is 35.4 Å². The number of aryl methyl sites for hydroxylation is 1. The van der Waals surface area contributed by atoms with Crippen molar-refractivity contribution in [2.24, 2.45) is 4.99 Å². The van der Waals surface area contributed by atoms with E-state index >= 15 is 0 Å². The number of fused-ring (bicyclic) bond motifs is 3. The third-order valence-corrected chi connectivity index (χ3v) is 7.98. The molecule has 1 aliphatic heterocycles. The highest BCUT2D eigenvalue weighted by Crippen LogP contribution is 2.41. The minimum atomic E-state index is -0.491. The molecule has 1 aromatic heterocycles. The minimum Gasteiger partial charge on any atom is -0.497 e. The molecule has 0 saturated carbocycles. The second-order valence-corrected chi connectivity index (χ2v) is 10.1. The largest absolute Gasteiger partial charge is 0.497 e. The van der Waals surface area contributed by atoms with E-state index in [0.29, 0.717) is 32.8 Å². The van der Waals surface area contributed by atoms with Crippen molar-refractivity contribution in [3.05, 3.63) is 124 Å². The summed E-state index contributed by atoms with van der Waals surface area (Å²) in [4.78, 5) is 30.7. The lowest BCUT2D eigenvalue weighted by atomic mass is 9.83. The molecule has 1 atom stereocenters. The zero-order valence-electron chi connectivity index (χ0n) is 20.7. The van der Waals surface area contributed by atoms with Gasteiger partial charge in [0.1, 0.15) is 11.5 Å². The highest BCUT2D eigenvalue weighted by atomic mass is 32.1. The molecule has 8 nitrogen and oxygen atoms in total. The third kappa shape index (κ3) is 3.92. The molecule has 0 bridgehead atoms. The molecule has 0 N–H and O–H groups in total. The number of hydrogen-bond acceptors (Lipinski definition) is 7. The van der Waals surface area contributed by atoms with Crippen molar-refractivity contribution in [2.45, 2.75) is 18.9 Å². The van der Waals surface area contributed by atoms with Crippen LogP contribution < -0.4 is 24.4 Å². The van der Waals surface area contributed by atoms with Crippen molar-refractivity contribution in [1.29, 1.82) is 0 Å². The van der Waals surface area contributed by atoms with Gasteiger partial charge in [-0.25, -0.2) is 4.99 Å². The number of rotatable bonds is 5. The first-order chi connectivity index (χ1) is 18.5. The van der Waals surface area contributed by atoms with Gasteiger partial charge in [0, 0.05) is 29.3 Å². The van der Waals surface area contributed by atoms with Crippen molar-refractivity contribution < 1.29 is 14.4 Å². The molecule has 0 spiro atoms. The molecule has 6 rings (SSSR count). The second-order valence-electron chi connectivity index (χ2n) is 9.07. The first-order valence-electron chi connectivity index (χ1n) is 12.1. The van der Waals surface area contributed by atoms with E-state index in [1.807, 2.05) is 30.3 Å². The molecular weight excluding hydrogens is 502 g/mol. The van der Waals surface area contributed by atoms with Gasteiger partial charge in [0.15, 0.2) is 4.80 Å². The summed E-state index contributed by atoms with van der Waals surface area (Å²) in [6, 6.07) is 19.6. The van der Waals surface area contributed by atoms with E-state index in [9.17, 15) is 14.9 Å². The van der Waals surface area contributed by atoms with Gasteiger partial charge >= 0.3 is 0 Å². The summed E-state index contributed by atoms with van der Waals surface area (Å²) in [7, 11) is 3.15. The lowest BCUT2D eigenvalue weighted by molar-refractivity contribution is -0.384. The Labute approximate surface area is 221 Å². The molecule has 0 radical (unpaired) electrons. The minimum absolute atomic E-state index is 0.0112.